The van der Waals surface area contributed by atoms with Gasteiger partial charge in [-0.2, -0.15) is 0 Å². The van der Waals surface area contributed by atoms with Gasteiger partial charge in [0, 0.05) is 32.1 Å². The van der Waals surface area contributed by atoms with Crippen molar-refractivity contribution in [3.63, 3.8) is 0 Å². The molecular formula is C20H39N5O4. The number of nitrogens with one attached hydrogen (secondary N) is 3. The smallest absolute Gasteiger partial charge is 0.245 e. The maximum atomic E-state index is 12.7. The van der Waals surface area contributed by atoms with E-state index in [2.05, 4.69) is 34.7 Å². The summed E-state index contributed by atoms with van der Waals surface area (Å²) in [5, 5.41) is 18.5. The number of aliphatic hydroxyl groups excluding tert-OH is 1. The van der Waals surface area contributed by atoms with Gasteiger partial charge in [0.25, 0.3) is 0 Å². The molecule has 4 atom stereocenters. The molecule has 1 fully saturated rings. The van der Waals surface area contributed by atoms with Crippen molar-refractivity contribution in [3.8, 4) is 0 Å². The number of ketones is 1. The van der Waals surface area contributed by atoms with Crippen molar-refractivity contribution in [1.82, 2.24) is 20.9 Å². The van der Waals surface area contributed by atoms with Gasteiger partial charge in [-0.1, -0.05) is 27.7 Å². The number of carbonyl (C=O) groups excluding carboxylic acids is 3. The van der Waals surface area contributed by atoms with Gasteiger partial charge < -0.3 is 26.8 Å². The van der Waals surface area contributed by atoms with Crippen molar-refractivity contribution >= 4 is 17.6 Å². The molecular weight excluding hydrogens is 374 g/mol. The third-order valence-electron chi connectivity index (χ3n) is 4.95. The molecule has 1 unspecified atom stereocenters. The molecule has 1 saturated heterocycles. The average molecular weight is 414 g/mol. The zero-order chi connectivity index (χ0) is 22.1. The quantitative estimate of drug-likeness (QED) is 0.288. The molecule has 0 bridgehead atoms. The highest BCUT2D eigenvalue weighted by Crippen LogP contribution is 2.07. The van der Waals surface area contributed by atoms with Crippen molar-refractivity contribution in [2.24, 2.45) is 17.6 Å². The highest BCUT2D eigenvalue weighted by atomic mass is 16.3. The first-order chi connectivity index (χ1) is 13.6. The monoisotopic (exact) mass is 413 g/mol. The Balaban J connectivity index is 2.76. The lowest BCUT2D eigenvalue weighted by atomic mass is 9.98. The zero-order valence-electron chi connectivity index (χ0n) is 18.4. The topological polar surface area (TPSA) is 137 Å². The summed E-state index contributed by atoms with van der Waals surface area (Å²) in [5.74, 6) is -0.825. The molecule has 0 aliphatic carbocycles. The molecule has 0 aromatic heterocycles. The highest BCUT2D eigenvalue weighted by molar-refractivity contribution is 5.94. The summed E-state index contributed by atoms with van der Waals surface area (Å²) in [5.41, 5.74) is 5.57. The van der Waals surface area contributed by atoms with Gasteiger partial charge in [-0.05, 0) is 25.8 Å². The molecule has 1 heterocycles. The van der Waals surface area contributed by atoms with Crippen molar-refractivity contribution in [2.45, 2.75) is 65.3 Å². The van der Waals surface area contributed by atoms with Crippen LogP contribution >= 0.6 is 0 Å². The lowest BCUT2D eigenvalue weighted by Gasteiger charge is -2.34. The Morgan fingerprint density at radius 1 is 1.17 bits per heavy atom. The number of nitrogens with zero attached hydrogens (tertiary/aromatic N) is 1. The molecule has 6 N–H and O–H groups in total. The van der Waals surface area contributed by atoms with Gasteiger partial charge in [0.15, 0.2) is 5.78 Å². The van der Waals surface area contributed by atoms with Crippen LogP contribution in [0.25, 0.3) is 0 Å². The number of rotatable bonds is 11. The Hall–Kier alpha value is -1.55. The van der Waals surface area contributed by atoms with Crippen LogP contribution in [0, 0.1) is 11.8 Å². The molecule has 0 radical (unpaired) electrons. The first-order valence-corrected chi connectivity index (χ1v) is 10.5. The van der Waals surface area contributed by atoms with Crippen LogP contribution in [-0.2, 0) is 14.4 Å². The summed E-state index contributed by atoms with van der Waals surface area (Å²) in [6.07, 6.45) is -0.806. The second-order valence-electron chi connectivity index (χ2n) is 8.58. The molecule has 1 aliphatic heterocycles. The predicted molar refractivity (Wildman–Crippen MR) is 112 cm³/mol. The number of hydrogen-bond acceptors (Lipinski definition) is 7. The van der Waals surface area contributed by atoms with E-state index in [0.29, 0.717) is 25.4 Å². The largest absolute Gasteiger partial charge is 0.391 e. The van der Waals surface area contributed by atoms with Crippen molar-refractivity contribution in [2.75, 3.05) is 32.7 Å². The van der Waals surface area contributed by atoms with E-state index in [-0.39, 0.29) is 24.2 Å². The maximum Gasteiger partial charge on any atom is 0.245 e. The van der Waals surface area contributed by atoms with E-state index in [1.165, 1.54) is 6.92 Å². The number of hydrogen-bond donors (Lipinski definition) is 5. The SMILES string of the molecule is CC(C)CN1CCN[C@@H](C(=O)N[C@H](C(=O)N[C@@H](CCN)C(=O)C(C)C)C(C)O)C1. The van der Waals surface area contributed by atoms with E-state index in [1.807, 2.05) is 0 Å². The summed E-state index contributed by atoms with van der Waals surface area (Å²) >= 11 is 0. The van der Waals surface area contributed by atoms with Crippen LogP contribution in [0.4, 0.5) is 0 Å². The molecule has 1 rings (SSSR count). The minimum Gasteiger partial charge on any atom is -0.391 e. The molecule has 9 nitrogen and oxygen atoms in total. The maximum absolute atomic E-state index is 12.7. The Kier molecular flexibility index (Phi) is 10.7. The Morgan fingerprint density at radius 2 is 1.83 bits per heavy atom. The number of piperazine rings is 1. The van der Waals surface area contributed by atoms with Crippen LogP contribution in [0.5, 0.6) is 0 Å². The zero-order valence-corrected chi connectivity index (χ0v) is 18.4. The first kappa shape index (κ1) is 25.5. The van der Waals surface area contributed by atoms with Gasteiger partial charge >= 0.3 is 0 Å². The molecule has 0 spiro atoms. The summed E-state index contributed by atoms with van der Waals surface area (Å²) in [4.78, 5) is 40.0. The Morgan fingerprint density at radius 3 is 2.34 bits per heavy atom. The molecule has 0 aromatic rings. The van der Waals surface area contributed by atoms with Gasteiger partial charge in [0.1, 0.15) is 6.04 Å². The van der Waals surface area contributed by atoms with Crippen LogP contribution < -0.4 is 21.7 Å². The number of amides is 2. The number of Topliss-reactive ketones (excluding diaryl/α,β-unsaturated/α-hetero) is 1. The second-order valence-corrected chi connectivity index (χ2v) is 8.58. The Bertz CT molecular complexity index is 553. The van der Waals surface area contributed by atoms with Crippen LogP contribution in [0.15, 0.2) is 0 Å². The first-order valence-electron chi connectivity index (χ1n) is 10.5. The third-order valence-corrected chi connectivity index (χ3v) is 4.95. The lowest BCUT2D eigenvalue weighted by molar-refractivity contribution is -0.135. The van der Waals surface area contributed by atoms with E-state index < -0.39 is 30.1 Å². The molecule has 2 amide bonds. The lowest BCUT2D eigenvalue weighted by Crippen LogP contribution is -2.62. The summed E-state index contributed by atoms with van der Waals surface area (Å²) in [6, 6.07) is -2.35. The van der Waals surface area contributed by atoms with Gasteiger partial charge in [-0.3, -0.25) is 19.3 Å². The molecule has 0 saturated carbocycles. The summed E-state index contributed by atoms with van der Waals surface area (Å²) in [7, 11) is 0. The molecule has 29 heavy (non-hydrogen) atoms. The van der Waals surface area contributed by atoms with E-state index in [1.54, 1.807) is 13.8 Å². The molecule has 9 heteroatoms. The third kappa shape index (κ3) is 8.38. The van der Waals surface area contributed by atoms with E-state index in [0.717, 1.165) is 13.1 Å². The number of carbonyl (C=O) groups is 3. The van der Waals surface area contributed by atoms with Crippen LogP contribution in [0.2, 0.25) is 0 Å². The fraction of sp³-hybridized carbons (Fsp3) is 0.850. The Labute approximate surface area is 174 Å². The standard InChI is InChI=1S/C20H39N5O4/c1-12(2)10-25-9-8-22-16(11-25)19(28)24-17(14(5)26)20(29)23-15(6-7-21)18(27)13(3)4/h12-17,22,26H,6-11,21H2,1-5H3,(H,23,29)(H,24,28)/t14?,15-,16+,17-/m0/s1. The van der Waals surface area contributed by atoms with Gasteiger partial charge in [-0.25, -0.2) is 0 Å². The fourth-order valence-corrected chi connectivity index (χ4v) is 3.44. The van der Waals surface area contributed by atoms with Crippen LogP contribution in [0.1, 0.15) is 41.0 Å². The van der Waals surface area contributed by atoms with Crippen LogP contribution in [0.3, 0.4) is 0 Å². The highest BCUT2D eigenvalue weighted by Gasteiger charge is 2.33. The number of nitrogens with two attached hydrogens (primary N) is 1. The average Bonchev–Trinajstić information content (AvgIpc) is 2.64. The van der Waals surface area contributed by atoms with Crippen molar-refractivity contribution in [1.29, 1.82) is 0 Å². The van der Waals surface area contributed by atoms with E-state index in [4.69, 9.17) is 5.73 Å². The second kappa shape index (κ2) is 12.2. The predicted octanol–water partition coefficient (Wildman–Crippen LogP) is -1.16. The van der Waals surface area contributed by atoms with Crippen molar-refractivity contribution < 1.29 is 19.5 Å². The van der Waals surface area contributed by atoms with E-state index >= 15 is 0 Å². The van der Waals surface area contributed by atoms with Gasteiger partial charge in [0.2, 0.25) is 11.8 Å². The number of aliphatic hydroxyl groups is 1. The van der Waals surface area contributed by atoms with Gasteiger partial charge in [0.05, 0.1) is 18.2 Å². The van der Waals surface area contributed by atoms with Crippen molar-refractivity contribution in [3.05, 3.63) is 0 Å². The normalized spacial score (nSPS) is 20.9. The molecule has 168 valence electrons. The minimum absolute atomic E-state index is 0.127. The van der Waals surface area contributed by atoms with Gasteiger partial charge in [-0.15, -0.1) is 0 Å². The molecule has 0 aromatic carbocycles. The summed E-state index contributed by atoms with van der Waals surface area (Å²) < 4.78 is 0. The fourth-order valence-electron chi connectivity index (χ4n) is 3.44. The summed E-state index contributed by atoms with van der Waals surface area (Å²) in [6.45, 7) is 12.4. The molecule has 1 aliphatic rings. The van der Waals surface area contributed by atoms with E-state index in [9.17, 15) is 19.5 Å². The minimum atomic E-state index is -1.15. The van der Waals surface area contributed by atoms with Crippen LogP contribution in [-0.4, -0.2) is 84.6 Å².